The number of anilines is 2. The van der Waals surface area contributed by atoms with Gasteiger partial charge in [0.05, 0.1) is 0 Å². The van der Waals surface area contributed by atoms with Crippen molar-refractivity contribution in [2.45, 2.75) is 26.2 Å². The highest BCUT2D eigenvalue weighted by atomic mass is 14.9. The van der Waals surface area contributed by atoms with E-state index in [1.54, 1.807) is 0 Å². The van der Waals surface area contributed by atoms with Crippen molar-refractivity contribution in [3.05, 3.63) is 132 Å². The average molecular weight is 478 g/mol. The van der Waals surface area contributed by atoms with Gasteiger partial charge in [-0.3, -0.25) is 0 Å². The van der Waals surface area contributed by atoms with E-state index in [0.29, 0.717) is 0 Å². The number of allylic oxidation sites excluding steroid dienone is 1. The minimum Gasteiger partial charge on any atom is -0.356 e. The van der Waals surface area contributed by atoms with E-state index in [1.807, 2.05) is 6.08 Å². The van der Waals surface area contributed by atoms with Crippen LogP contribution in [-0.4, -0.2) is 0 Å². The molecule has 0 bridgehead atoms. The lowest BCUT2D eigenvalue weighted by molar-refractivity contribution is 0.659. The number of benzene rings is 5. The van der Waals surface area contributed by atoms with Gasteiger partial charge in [-0.1, -0.05) is 111 Å². The normalized spacial score (nSPS) is 13.5. The molecule has 1 nitrogen and oxygen atoms in total. The largest absolute Gasteiger partial charge is 0.356 e. The van der Waals surface area contributed by atoms with E-state index in [2.05, 4.69) is 142 Å². The molecule has 0 aliphatic heterocycles. The zero-order chi connectivity index (χ0) is 25.6. The van der Waals surface area contributed by atoms with E-state index >= 15 is 0 Å². The van der Waals surface area contributed by atoms with Crippen LogP contribution in [0.4, 0.5) is 11.4 Å². The summed E-state index contributed by atoms with van der Waals surface area (Å²) in [6.07, 6.45) is 6.41. The van der Waals surface area contributed by atoms with Gasteiger partial charge < -0.3 is 5.32 Å². The second-order valence-corrected chi connectivity index (χ2v) is 10.3. The topological polar surface area (TPSA) is 12.0 Å². The summed E-state index contributed by atoms with van der Waals surface area (Å²) in [6.45, 7) is 11.0. The van der Waals surface area contributed by atoms with Crippen molar-refractivity contribution in [3.63, 3.8) is 0 Å². The molecule has 0 spiro atoms. The Morgan fingerprint density at radius 3 is 2.05 bits per heavy atom. The maximum Gasteiger partial charge on any atom is 0.0387 e. The molecule has 1 N–H and O–H groups in total. The Morgan fingerprint density at radius 1 is 0.703 bits per heavy atom. The lowest BCUT2D eigenvalue weighted by Crippen LogP contribution is -2.17. The van der Waals surface area contributed by atoms with Crippen LogP contribution in [0, 0.1) is 0 Å². The van der Waals surface area contributed by atoms with Crippen LogP contribution in [0.15, 0.2) is 110 Å². The van der Waals surface area contributed by atoms with Gasteiger partial charge in [0.25, 0.3) is 0 Å². The predicted molar refractivity (Wildman–Crippen MR) is 161 cm³/mol. The van der Waals surface area contributed by atoms with Gasteiger partial charge in [0, 0.05) is 16.8 Å². The summed E-state index contributed by atoms with van der Waals surface area (Å²) in [5.41, 5.74) is 12.4. The highest BCUT2D eigenvalue weighted by molar-refractivity contribution is 6.08. The molecule has 1 aliphatic carbocycles. The highest BCUT2D eigenvalue weighted by Gasteiger charge is 2.39. The second-order valence-electron chi connectivity index (χ2n) is 10.3. The van der Waals surface area contributed by atoms with Crippen LogP contribution < -0.4 is 5.32 Å². The fourth-order valence-corrected chi connectivity index (χ4v) is 6.01. The number of hydrogen-bond acceptors (Lipinski definition) is 1. The SMILES string of the molecule is C=Cc1c(/C=C\C)c2c(c3ccccc13)-c1ccc(Nc3ccc(-c4ccccc4)cc3)cc1C2(C)C. The summed E-state index contributed by atoms with van der Waals surface area (Å²) in [5, 5.41) is 6.20. The van der Waals surface area contributed by atoms with Crippen molar-refractivity contribution >= 4 is 34.3 Å². The summed E-state index contributed by atoms with van der Waals surface area (Å²) in [7, 11) is 0. The first kappa shape index (κ1) is 23.1. The smallest absolute Gasteiger partial charge is 0.0387 e. The minimum absolute atomic E-state index is 0.143. The standard InChI is InChI=1S/C36H31N/c1-5-12-31-28(6-2)29-15-10-11-16-30(29)34-32-22-21-27(23-33(32)36(3,4)35(31)34)37-26-19-17-25(18-20-26)24-13-8-7-9-14-24/h5-23,37H,2H2,1,3-4H3/b12-5-. The molecule has 0 unspecified atom stereocenters. The molecule has 1 aliphatic rings. The molecule has 0 saturated carbocycles. The fourth-order valence-electron chi connectivity index (χ4n) is 6.01. The molecule has 0 amide bonds. The van der Waals surface area contributed by atoms with E-state index in [9.17, 15) is 0 Å². The Balaban J connectivity index is 1.45. The van der Waals surface area contributed by atoms with E-state index in [0.717, 1.165) is 11.4 Å². The number of rotatable bonds is 5. The van der Waals surface area contributed by atoms with Crippen LogP contribution in [0.5, 0.6) is 0 Å². The molecule has 0 saturated heterocycles. The molecule has 37 heavy (non-hydrogen) atoms. The van der Waals surface area contributed by atoms with Gasteiger partial charge in [0.2, 0.25) is 0 Å². The van der Waals surface area contributed by atoms with Crippen molar-refractivity contribution in [1.29, 1.82) is 0 Å². The zero-order valence-electron chi connectivity index (χ0n) is 21.7. The first-order valence-corrected chi connectivity index (χ1v) is 12.9. The predicted octanol–water partition coefficient (Wildman–Crippen LogP) is 10.2. The lowest BCUT2D eigenvalue weighted by Gasteiger charge is -2.26. The van der Waals surface area contributed by atoms with Gasteiger partial charge in [-0.15, -0.1) is 0 Å². The van der Waals surface area contributed by atoms with Crippen molar-refractivity contribution < 1.29 is 0 Å². The van der Waals surface area contributed by atoms with E-state index in [-0.39, 0.29) is 5.41 Å². The average Bonchev–Trinajstić information content (AvgIpc) is 3.16. The summed E-state index contributed by atoms with van der Waals surface area (Å²) in [4.78, 5) is 0. The molecule has 0 aromatic heterocycles. The van der Waals surface area contributed by atoms with Gasteiger partial charge in [-0.05, 0) is 86.5 Å². The summed E-state index contributed by atoms with van der Waals surface area (Å²) < 4.78 is 0. The molecule has 0 heterocycles. The fraction of sp³-hybridized carbons (Fsp3) is 0.111. The Kier molecular flexibility index (Phi) is 5.57. The van der Waals surface area contributed by atoms with Gasteiger partial charge >= 0.3 is 0 Å². The quantitative estimate of drug-likeness (QED) is 0.265. The van der Waals surface area contributed by atoms with Crippen LogP contribution in [-0.2, 0) is 5.41 Å². The molecule has 1 heteroatoms. The molecule has 0 atom stereocenters. The van der Waals surface area contributed by atoms with Gasteiger partial charge in [-0.2, -0.15) is 0 Å². The summed E-state index contributed by atoms with van der Waals surface area (Å²) >= 11 is 0. The second kappa shape index (κ2) is 8.94. The van der Waals surface area contributed by atoms with E-state index in [1.165, 1.54) is 55.3 Å². The number of fused-ring (bicyclic) bond motifs is 5. The van der Waals surface area contributed by atoms with Crippen molar-refractivity contribution in [2.24, 2.45) is 0 Å². The number of nitrogens with one attached hydrogen (secondary N) is 1. The first-order valence-electron chi connectivity index (χ1n) is 12.9. The zero-order valence-corrected chi connectivity index (χ0v) is 21.7. The molecular formula is C36H31N. The monoisotopic (exact) mass is 477 g/mol. The van der Waals surface area contributed by atoms with Crippen LogP contribution >= 0.6 is 0 Å². The Labute approximate surface area is 219 Å². The molecule has 6 rings (SSSR count). The van der Waals surface area contributed by atoms with Crippen molar-refractivity contribution in [2.75, 3.05) is 5.32 Å². The highest BCUT2D eigenvalue weighted by Crippen LogP contribution is 2.54. The van der Waals surface area contributed by atoms with Crippen LogP contribution in [0.2, 0.25) is 0 Å². The Morgan fingerprint density at radius 2 is 1.35 bits per heavy atom. The lowest BCUT2D eigenvalue weighted by atomic mass is 9.77. The van der Waals surface area contributed by atoms with E-state index < -0.39 is 0 Å². The van der Waals surface area contributed by atoms with Crippen molar-refractivity contribution in [3.8, 4) is 22.3 Å². The number of hydrogen-bond donors (Lipinski definition) is 1. The third-order valence-electron chi connectivity index (χ3n) is 7.70. The van der Waals surface area contributed by atoms with Gasteiger partial charge in [0.1, 0.15) is 0 Å². The van der Waals surface area contributed by atoms with E-state index in [4.69, 9.17) is 0 Å². The maximum absolute atomic E-state index is 4.19. The third-order valence-corrected chi connectivity index (χ3v) is 7.70. The van der Waals surface area contributed by atoms with Crippen molar-refractivity contribution in [1.82, 2.24) is 0 Å². The maximum atomic E-state index is 4.19. The van der Waals surface area contributed by atoms with Crippen LogP contribution in [0.25, 0.3) is 45.2 Å². The molecule has 5 aromatic carbocycles. The molecule has 5 aromatic rings. The third kappa shape index (κ3) is 3.70. The summed E-state index contributed by atoms with van der Waals surface area (Å²) in [6, 6.07) is 34.7. The molecule has 0 radical (unpaired) electrons. The molecule has 180 valence electrons. The minimum atomic E-state index is -0.143. The van der Waals surface area contributed by atoms with Gasteiger partial charge in [0.15, 0.2) is 0 Å². The van der Waals surface area contributed by atoms with Gasteiger partial charge in [-0.25, -0.2) is 0 Å². The Hall–Kier alpha value is -4.36. The Bertz CT molecular complexity index is 1670. The molecule has 0 fully saturated rings. The summed E-state index contributed by atoms with van der Waals surface area (Å²) in [5.74, 6) is 0. The van der Waals surface area contributed by atoms with Crippen LogP contribution in [0.1, 0.15) is 43.0 Å². The van der Waals surface area contributed by atoms with Crippen LogP contribution in [0.3, 0.4) is 0 Å². The molecular weight excluding hydrogens is 446 g/mol. The first-order chi connectivity index (χ1) is 18.0.